The SMILES string of the molecule is COc1ccc(C(=O)Oc2ccc3ccccc3c2/C=N\NC(=O)COc2ccc(Cl)cc2)cc1. The van der Waals surface area contributed by atoms with Crippen molar-refractivity contribution in [3.8, 4) is 17.2 Å². The number of fused-ring (bicyclic) bond motifs is 1. The van der Waals surface area contributed by atoms with Gasteiger partial charge in [-0.3, -0.25) is 4.79 Å². The Morgan fingerprint density at radius 3 is 2.37 bits per heavy atom. The number of halogens is 1. The number of carbonyl (C=O) groups excluding carboxylic acids is 2. The molecule has 0 fully saturated rings. The van der Waals surface area contributed by atoms with Crippen LogP contribution in [0.1, 0.15) is 15.9 Å². The van der Waals surface area contributed by atoms with Crippen LogP contribution in [0.3, 0.4) is 0 Å². The van der Waals surface area contributed by atoms with Crippen molar-refractivity contribution in [2.45, 2.75) is 0 Å². The van der Waals surface area contributed by atoms with E-state index in [-0.39, 0.29) is 6.61 Å². The first-order chi connectivity index (χ1) is 17.0. The van der Waals surface area contributed by atoms with Crippen molar-refractivity contribution in [3.05, 3.63) is 101 Å². The number of amides is 1. The Morgan fingerprint density at radius 2 is 1.63 bits per heavy atom. The number of esters is 1. The first-order valence-electron chi connectivity index (χ1n) is 10.6. The molecule has 0 aromatic heterocycles. The molecule has 0 aliphatic heterocycles. The maximum atomic E-state index is 12.7. The van der Waals surface area contributed by atoms with Gasteiger partial charge in [-0.15, -0.1) is 0 Å². The van der Waals surface area contributed by atoms with Crippen molar-refractivity contribution in [2.24, 2.45) is 5.10 Å². The van der Waals surface area contributed by atoms with Gasteiger partial charge < -0.3 is 14.2 Å². The highest BCUT2D eigenvalue weighted by Crippen LogP contribution is 2.27. The van der Waals surface area contributed by atoms with Crippen molar-refractivity contribution >= 4 is 40.5 Å². The van der Waals surface area contributed by atoms with Gasteiger partial charge in [-0.05, 0) is 65.4 Å². The van der Waals surface area contributed by atoms with Gasteiger partial charge in [0.1, 0.15) is 17.2 Å². The number of hydrogen-bond acceptors (Lipinski definition) is 6. The van der Waals surface area contributed by atoms with Gasteiger partial charge in [0.05, 0.1) is 18.9 Å². The van der Waals surface area contributed by atoms with Crippen molar-refractivity contribution < 1.29 is 23.8 Å². The van der Waals surface area contributed by atoms with E-state index in [9.17, 15) is 9.59 Å². The maximum Gasteiger partial charge on any atom is 0.343 e. The number of rotatable bonds is 8. The summed E-state index contributed by atoms with van der Waals surface area (Å²) in [6.07, 6.45) is 1.44. The molecule has 0 aliphatic rings. The lowest BCUT2D eigenvalue weighted by Crippen LogP contribution is -2.24. The highest BCUT2D eigenvalue weighted by Gasteiger charge is 2.14. The van der Waals surface area contributed by atoms with Crippen molar-refractivity contribution in [2.75, 3.05) is 13.7 Å². The molecule has 4 rings (SSSR count). The molecular weight excluding hydrogens is 468 g/mol. The molecule has 8 heteroatoms. The Balaban J connectivity index is 1.49. The quantitative estimate of drug-likeness (QED) is 0.158. The summed E-state index contributed by atoms with van der Waals surface area (Å²) in [5.74, 6) is 0.470. The molecule has 35 heavy (non-hydrogen) atoms. The lowest BCUT2D eigenvalue weighted by atomic mass is 10.0. The summed E-state index contributed by atoms with van der Waals surface area (Å²) in [7, 11) is 1.55. The summed E-state index contributed by atoms with van der Waals surface area (Å²) in [5, 5.41) is 6.36. The van der Waals surface area contributed by atoms with E-state index in [4.69, 9.17) is 25.8 Å². The third-order valence-corrected chi connectivity index (χ3v) is 5.28. The summed E-state index contributed by atoms with van der Waals surface area (Å²) in [5.41, 5.74) is 3.34. The van der Waals surface area contributed by atoms with E-state index >= 15 is 0 Å². The van der Waals surface area contributed by atoms with Crippen molar-refractivity contribution in [3.63, 3.8) is 0 Å². The normalized spacial score (nSPS) is 10.8. The summed E-state index contributed by atoms with van der Waals surface area (Å²) in [6, 6.07) is 24.4. The molecule has 0 radical (unpaired) electrons. The Bertz CT molecular complexity index is 1370. The van der Waals surface area contributed by atoms with Gasteiger partial charge in [0.15, 0.2) is 6.61 Å². The van der Waals surface area contributed by atoms with Crippen molar-refractivity contribution in [1.82, 2.24) is 5.43 Å². The lowest BCUT2D eigenvalue weighted by molar-refractivity contribution is -0.123. The third kappa shape index (κ3) is 6.16. The van der Waals surface area contributed by atoms with Gasteiger partial charge in [0.2, 0.25) is 0 Å². The second kappa shape index (κ2) is 11.2. The van der Waals surface area contributed by atoms with E-state index in [1.54, 1.807) is 61.7 Å². The summed E-state index contributed by atoms with van der Waals surface area (Å²) in [6.45, 7) is -0.228. The molecule has 4 aromatic carbocycles. The molecule has 1 amide bonds. The molecule has 0 saturated carbocycles. The van der Waals surface area contributed by atoms with Crippen LogP contribution in [0.5, 0.6) is 17.2 Å². The molecular formula is C27H21ClN2O5. The Kier molecular flexibility index (Phi) is 7.60. The van der Waals surface area contributed by atoms with Gasteiger partial charge in [0, 0.05) is 10.6 Å². The molecule has 176 valence electrons. The first-order valence-corrected chi connectivity index (χ1v) is 11.0. The van der Waals surface area contributed by atoms with E-state index in [1.807, 2.05) is 30.3 Å². The Hall–Kier alpha value is -4.36. The fraction of sp³-hybridized carbons (Fsp3) is 0.0741. The molecule has 7 nitrogen and oxygen atoms in total. The largest absolute Gasteiger partial charge is 0.497 e. The molecule has 4 aromatic rings. The highest BCUT2D eigenvalue weighted by molar-refractivity contribution is 6.30. The zero-order chi connectivity index (χ0) is 24.6. The zero-order valence-electron chi connectivity index (χ0n) is 18.7. The smallest absolute Gasteiger partial charge is 0.343 e. The highest BCUT2D eigenvalue weighted by atomic mass is 35.5. The molecule has 0 heterocycles. The molecule has 0 aliphatic carbocycles. The number of methoxy groups -OCH3 is 1. The maximum absolute atomic E-state index is 12.7. The van der Waals surface area contributed by atoms with Gasteiger partial charge in [-0.25, -0.2) is 10.2 Å². The minimum Gasteiger partial charge on any atom is -0.497 e. The summed E-state index contributed by atoms with van der Waals surface area (Å²) >= 11 is 5.84. The van der Waals surface area contributed by atoms with Gasteiger partial charge >= 0.3 is 5.97 Å². The van der Waals surface area contributed by atoms with Gasteiger partial charge in [0.25, 0.3) is 5.91 Å². The van der Waals surface area contributed by atoms with E-state index < -0.39 is 11.9 Å². The minimum absolute atomic E-state index is 0.228. The standard InChI is InChI=1S/C27H21ClN2O5/c1-33-21-11-6-19(7-12-21)27(32)35-25-15-8-18-4-2-3-5-23(18)24(25)16-29-30-26(31)17-34-22-13-9-20(28)10-14-22/h2-16H,17H2,1H3,(H,30,31)/b29-16-. The number of nitrogens with one attached hydrogen (secondary N) is 1. The van der Waals surface area contributed by atoms with Gasteiger partial charge in [-0.2, -0.15) is 5.10 Å². The van der Waals surface area contributed by atoms with Crippen LogP contribution in [-0.2, 0) is 4.79 Å². The molecule has 0 spiro atoms. The monoisotopic (exact) mass is 488 g/mol. The van der Waals surface area contributed by atoms with E-state index in [0.717, 1.165) is 10.8 Å². The van der Waals surface area contributed by atoms with Crippen LogP contribution < -0.4 is 19.6 Å². The number of nitrogens with zero attached hydrogens (tertiary/aromatic N) is 1. The number of carbonyl (C=O) groups is 2. The third-order valence-electron chi connectivity index (χ3n) is 5.03. The fourth-order valence-corrected chi connectivity index (χ4v) is 3.39. The number of ether oxygens (including phenoxy) is 3. The van der Waals surface area contributed by atoms with E-state index in [1.165, 1.54) is 6.21 Å². The second-order valence-corrected chi connectivity index (χ2v) is 7.79. The van der Waals surface area contributed by atoms with Crippen molar-refractivity contribution in [1.29, 1.82) is 0 Å². The van der Waals surface area contributed by atoms with E-state index in [0.29, 0.717) is 33.4 Å². The van der Waals surface area contributed by atoms with Crippen LogP contribution in [0.15, 0.2) is 90.0 Å². The molecule has 0 unspecified atom stereocenters. The van der Waals surface area contributed by atoms with Crippen LogP contribution >= 0.6 is 11.6 Å². The van der Waals surface area contributed by atoms with E-state index in [2.05, 4.69) is 10.5 Å². The predicted molar refractivity (Wildman–Crippen MR) is 135 cm³/mol. The van der Waals surface area contributed by atoms with Crippen LogP contribution in [0.25, 0.3) is 10.8 Å². The average molecular weight is 489 g/mol. The molecule has 1 N–H and O–H groups in total. The number of hydrazone groups is 1. The van der Waals surface area contributed by atoms with Crippen LogP contribution in [0, 0.1) is 0 Å². The average Bonchev–Trinajstić information content (AvgIpc) is 2.89. The molecule has 0 saturated heterocycles. The first kappa shape index (κ1) is 23.8. The second-order valence-electron chi connectivity index (χ2n) is 7.35. The Labute approximate surface area is 206 Å². The molecule has 0 atom stereocenters. The van der Waals surface area contributed by atoms with Crippen LogP contribution in [0.2, 0.25) is 5.02 Å². The topological polar surface area (TPSA) is 86.2 Å². The number of hydrogen-bond donors (Lipinski definition) is 1. The lowest BCUT2D eigenvalue weighted by Gasteiger charge is -2.11. The minimum atomic E-state index is -0.530. The predicted octanol–water partition coefficient (Wildman–Crippen LogP) is 5.25. The van der Waals surface area contributed by atoms with Gasteiger partial charge in [-0.1, -0.05) is 41.9 Å². The molecule has 0 bridgehead atoms. The number of benzene rings is 4. The van der Waals surface area contributed by atoms with Crippen LogP contribution in [-0.4, -0.2) is 31.8 Å². The van der Waals surface area contributed by atoms with Crippen LogP contribution in [0.4, 0.5) is 0 Å². The fourth-order valence-electron chi connectivity index (χ4n) is 3.26. The summed E-state index contributed by atoms with van der Waals surface area (Å²) < 4.78 is 16.2. The zero-order valence-corrected chi connectivity index (χ0v) is 19.5. The Morgan fingerprint density at radius 1 is 0.914 bits per heavy atom. The summed E-state index contributed by atoms with van der Waals surface area (Å²) in [4.78, 5) is 24.9.